The Labute approximate surface area is 110 Å². The summed E-state index contributed by atoms with van der Waals surface area (Å²) in [6, 6.07) is 0.222. The number of aryl methyl sites for hydroxylation is 1. The van der Waals surface area contributed by atoms with Crippen molar-refractivity contribution in [1.29, 1.82) is 0 Å². The van der Waals surface area contributed by atoms with Gasteiger partial charge in [-0.1, -0.05) is 6.92 Å². The average Bonchev–Trinajstić information content (AvgIpc) is 3.06. The van der Waals surface area contributed by atoms with Crippen LogP contribution in [0.1, 0.15) is 36.0 Å². The van der Waals surface area contributed by atoms with E-state index in [9.17, 15) is 4.79 Å². The minimum atomic E-state index is -0.510. The van der Waals surface area contributed by atoms with Crippen LogP contribution < -0.4 is 5.32 Å². The van der Waals surface area contributed by atoms with Crippen LogP contribution in [0.5, 0.6) is 0 Å². The van der Waals surface area contributed by atoms with Crippen molar-refractivity contribution >= 4 is 12.0 Å². The number of carbonyl (C=O) groups is 1. The van der Waals surface area contributed by atoms with Crippen molar-refractivity contribution in [3.05, 3.63) is 29.8 Å². The molecule has 0 saturated carbocycles. The van der Waals surface area contributed by atoms with Gasteiger partial charge in [0.1, 0.15) is 12.0 Å². The summed E-state index contributed by atoms with van der Waals surface area (Å²) >= 11 is 0. The molecule has 0 aliphatic heterocycles. The summed E-state index contributed by atoms with van der Waals surface area (Å²) in [5.41, 5.74) is 0.131. The topological polar surface area (TPSA) is 90.4 Å². The molecule has 0 aromatic carbocycles. The number of oxazole rings is 2. The highest BCUT2D eigenvalue weighted by atomic mass is 16.5. The van der Waals surface area contributed by atoms with Crippen molar-refractivity contribution in [2.24, 2.45) is 0 Å². The van der Waals surface area contributed by atoms with Crippen LogP contribution in [0, 0.1) is 0 Å². The first-order valence-electron chi connectivity index (χ1n) is 6.03. The Balaban J connectivity index is 1.91. The zero-order valence-corrected chi connectivity index (χ0v) is 10.8. The summed E-state index contributed by atoms with van der Waals surface area (Å²) in [6.45, 7) is 4.34. The van der Waals surface area contributed by atoms with Crippen LogP contribution in [0.15, 0.2) is 21.3 Å². The molecular weight excluding hydrogens is 250 g/mol. The molecule has 102 valence electrons. The van der Waals surface area contributed by atoms with Gasteiger partial charge in [-0.3, -0.25) is 0 Å². The van der Waals surface area contributed by atoms with Crippen molar-refractivity contribution < 1.29 is 18.4 Å². The van der Waals surface area contributed by atoms with Crippen molar-refractivity contribution in [2.45, 2.75) is 26.8 Å². The molecule has 2 heterocycles. The number of nitrogens with zero attached hydrogens (tertiary/aromatic N) is 2. The lowest BCUT2D eigenvalue weighted by Crippen LogP contribution is -2.05. The molecule has 0 radical (unpaired) electrons. The van der Waals surface area contributed by atoms with Gasteiger partial charge in [-0.2, -0.15) is 4.98 Å². The number of aromatic nitrogens is 2. The monoisotopic (exact) mass is 265 g/mol. The van der Waals surface area contributed by atoms with E-state index in [2.05, 4.69) is 15.3 Å². The van der Waals surface area contributed by atoms with Gasteiger partial charge >= 0.3 is 5.97 Å². The van der Waals surface area contributed by atoms with Crippen LogP contribution in [0.4, 0.5) is 6.01 Å². The second kappa shape index (κ2) is 6.03. The van der Waals surface area contributed by atoms with Gasteiger partial charge in [0.2, 0.25) is 5.89 Å². The predicted molar refractivity (Wildman–Crippen MR) is 65.7 cm³/mol. The van der Waals surface area contributed by atoms with Gasteiger partial charge < -0.3 is 18.9 Å². The lowest BCUT2D eigenvalue weighted by atomic mass is 10.4. The molecule has 0 aliphatic carbocycles. The molecule has 19 heavy (non-hydrogen) atoms. The zero-order valence-electron chi connectivity index (χ0n) is 10.8. The molecule has 0 spiro atoms. The fourth-order valence-corrected chi connectivity index (χ4v) is 1.40. The van der Waals surface area contributed by atoms with Gasteiger partial charge in [-0.25, -0.2) is 9.78 Å². The maximum atomic E-state index is 11.4. The van der Waals surface area contributed by atoms with E-state index in [1.807, 2.05) is 6.92 Å². The van der Waals surface area contributed by atoms with E-state index >= 15 is 0 Å². The summed E-state index contributed by atoms with van der Waals surface area (Å²) in [5, 5.41) is 2.87. The van der Waals surface area contributed by atoms with Crippen LogP contribution in [0.3, 0.4) is 0 Å². The summed E-state index contributed by atoms with van der Waals surface area (Å²) in [7, 11) is 0. The molecule has 2 rings (SSSR count). The Morgan fingerprint density at radius 1 is 1.47 bits per heavy atom. The zero-order chi connectivity index (χ0) is 13.7. The molecule has 1 N–H and O–H groups in total. The van der Waals surface area contributed by atoms with Crippen LogP contribution >= 0.6 is 0 Å². The normalized spacial score (nSPS) is 10.4. The molecule has 0 unspecified atom stereocenters. The first-order valence-corrected chi connectivity index (χ1v) is 6.03. The molecule has 0 aliphatic rings. The molecule has 7 heteroatoms. The highest BCUT2D eigenvalue weighted by molar-refractivity contribution is 5.87. The third-order valence-electron chi connectivity index (χ3n) is 2.33. The third-order valence-corrected chi connectivity index (χ3v) is 2.33. The van der Waals surface area contributed by atoms with Gasteiger partial charge in [0.25, 0.3) is 6.01 Å². The molecule has 2 aromatic heterocycles. The Bertz CT molecular complexity index is 547. The summed E-state index contributed by atoms with van der Waals surface area (Å²) in [6.07, 6.45) is 3.71. The van der Waals surface area contributed by atoms with Gasteiger partial charge in [0, 0.05) is 6.42 Å². The number of ether oxygens (including phenoxy) is 1. The van der Waals surface area contributed by atoms with E-state index in [0.717, 1.165) is 12.2 Å². The smallest absolute Gasteiger partial charge is 0.360 e. The van der Waals surface area contributed by atoms with Gasteiger partial charge in [0.05, 0.1) is 19.3 Å². The van der Waals surface area contributed by atoms with E-state index in [4.69, 9.17) is 13.6 Å². The van der Waals surface area contributed by atoms with E-state index < -0.39 is 5.97 Å². The Morgan fingerprint density at radius 2 is 2.32 bits per heavy atom. The number of hydrogen-bond acceptors (Lipinski definition) is 7. The second-order valence-electron chi connectivity index (χ2n) is 3.69. The summed E-state index contributed by atoms with van der Waals surface area (Å²) in [5.74, 6) is 0.841. The molecule has 0 bridgehead atoms. The molecule has 0 amide bonds. The molecule has 0 atom stereocenters. The Hall–Kier alpha value is -2.31. The number of nitrogens with one attached hydrogen (secondary N) is 1. The fourth-order valence-electron chi connectivity index (χ4n) is 1.40. The lowest BCUT2D eigenvalue weighted by Gasteiger charge is -1.97. The number of rotatable bonds is 6. The van der Waals surface area contributed by atoms with Crippen LogP contribution in [-0.2, 0) is 17.7 Å². The van der Waals surface area contributed by atoms with Crippen LogP contribution in [0.2, 0.25) is 0 Å². The van der Waals surface area contributed by atoms with E-state index in [0.29, 0.717) is 19.0 Å². The average molecular weight is 265 g/mol. The first kappa shape index (κ1) is 13.1. The molecular formula is C12H15N3O4. The standard InChI is InChI=1S/C12H15N3O4/c1-3-8-5-13-10(19-8)6-14-12-15-9(7-18-12)11(16)17-4-2/h5,7H,3-4,6H2,1-2H3,(H,14,15). The molecule has 0 saturated heterocycles. The maximum absolute atomic E-state index is 11.4. The maximum Gasteiger partial charge on any atom is 0.360 e. The largest absolute Gasteiger partial charge is 0.461 e. The van der Waals surface area contributed by atoms with Crippen molar-refractivity contribution in [1.82, 2.24) is 9.97 Å². The second-order valence-corrected chi connectivity index (χ2v) is 3.69. The van der Waals surface area contributed by atoms with Gasteiger partial charge in [-0.05, 0) is 6.92 Å². The number of hydrogen-bond donors (Lipinski definition) is 1. The minimum absolute atomic E-state index is 0.131. The van der Waals surface area contributed by atoms with Crippen LogP contribution in [0.25, 0.3) is 0 Å². The van der Waals surface area contributed by atoms with Crippen molar-refractivity contribution in [3.8, 4) is 0 Å². The van der Waals surface area contributed by atoms with E-state index in [1.165, 1.54) is 6.26 Å². The van der Waals surface area contributed by atoms with Crippen molar-refractivity contribution in [3.63, 3.8) is 0 Å². The quantitative estimate of drug-likeness (QED) is 0.799. The first-order chi connectivity index (χ1) is 9.22. The molecule has 0 fully saturated rings. The van der Waals surface area contributed by atoms with E-state index in [1.54, 1.807) is 13.1 Å². The fraction of sp³-hybridized carbons (Fsp3) is 0.417. The number of esters is 1. The highest BCUT2D eigenvalue weighted by Gasteiger charge is 2.13. The van der Waals surface area contributed by atoms with E-state index in [-0.39, 0.29) is 11.7 Å². The van der Waals surface area contributed by atoms with Crippen molar-refractivity contribution in [2.75, 3.05) is 11.9 Å². The highest BCUT2D eigenvalue weighted by Crippen LogP contribution is 2.11. The summed E-state index contributed by atoms with van der Waals surface area (Å²) < 4.78 is 15.3. The van der Waals surface area contributed by atoms with Gasteiger partial charge in [0.15, 0.2) is 5.69 Å². The molecule has 2 aromatic rings. The molecule has 7 nitrogen and oxygen atoms in total. The Morgan fingerprint density at radius 3 is 3.00 bits per heavy atom. The summed E-state index contributed by atoms with van der Waals surface area (Å²) in [4.78, 5) is 19.4. The number of anilines is 1. The Kier molecular flexibility index (Phi) is 4.17. The number of carbonyl (C=O) groups excluding carboxylic acids is 1. The lowest BCUT2D eigenvalue weighted by molar-refractivity contribution is 0.0519. The minimum Gasteiger partial charge on any atom is -0.461 e. The third kappa shape index (κ3) is 3.34. The predicted octanol–water partition coefficient (Wildman–Crippen LogP) is 2.01. The van der Waals surface area contributed by atoms with Gasteiger partial charge in [-0.15, -0.1) is 0 Å². The van der Waals surface area contributed by atoms with Crippen LogP contribution in [-0.4, -0.2) is 22.5 Å². The SMILES string of the molecule is CCOC(=O)c1coc(NCc2ncc(CC)o2)n1.